The second kappa shape index (κ2) is 13.6. The van der Waals surface area contributed by atoms with E-state index in [1.165, 1.54) is 40.4 Å². The zero-order chi connectivity index (χ0) is 32.6. The number of benzene rings is 2. The van der Waals surface area contributed by atoms with E-state index < -0.39 is 74.1 Å². The van der Waals surface area contributed by atoms with Gasteiger partial charge in [-0.1, -0.05) is 0 Å². The predicted molar refractivity (Wildman–Crippen MR) is 150 cm³/mol. The molecule has 2 aromatic carbocycles. The molecule has 0 aromatic heterocycles. The minimum Gasteiger partial charge on any atom is -0.496 e. The summed E-state index contributed by atoms with van der Waals surface area (Å²) >= 11 is 0. The highest BCUT2D eigenvalue weighted by Crippen LogP contribution is 2.44. The highest BCUT2D eigenvalue weighted by atomic mass is 16.7. The van der Waals surface area contributed by atoms with Crippen LogP contribution in [-0.2, 0) is 14.2 Å². The van der Waals surface area contributed by atoms with Crippen molar-refractivity contribution in [3.8, 4) is 28.7 Å². The smallest absolute Gasteiger partial charge is 0.229 e. The van der Waals surface area contributed by atoms with Crippen molar-refractivity contribution < 1.29 is 73.3 Å². The van der Waals surface area contributed by atoms with Crippen molar-refractivity contribution >= 4 is 5.78 Å². The molecule has 2 fully saturated rings. The zero-order valence-electron chi connectivity index (χ0n) is 25.0. The van der Waals surface area contributed by atoms with Gasteiger partial charge in [-0.25, -0.2) is 0 Å². The first kappa shape index (κ1) is 33.1. The molecule has 0 bridgehead atoms. The third kappa shape index (κ3) is 6.54. The number of carbonyl (C=O) groups excluding carboxylic acids is 1. The molecule has 11 atom stereocenters. The number of methoxy groups -OCH3 is 3. The molecule has 15 heteroatoms. The van der Waals surface area contributed by atoms with Crippen LogP contribution in [0.3, 0.4) is 0 Å². The van der Waals surface area contributed by atoms with Crippen molar-refractivity contribution in [2.24, 2.45) is 0 Å². The number of fused-ring (bicyclic) bond motifs is 1. The third-order valence-corrected chi connectivity index (χ3v) is 8.12. The summed E-state index contributed by atoms with van der Waals surface area (Å²) in [6.45, 7) is 1.05. The number of ketones is 1. The van der Waals surface area contributed by atoms with E-state index in [0.717, 1.165) is 0 Å². The van der Waals surface area contributed by atoms with Gasteiger partial charge in [0.25, 0.3) is 0 Å². The quantitative estimate of drug-likeness (QED) is 0.203. The molecule has 1 unspecified atom stereocenters. The van der Waals surface area contributed by atoms with Crippen LogP contribution in [0.5, 0.6) is 28.7 Å². The van der Waals surface area contributed by atoms with E-state index in [1.807, 2.05) is 0 Å². The van der Waals surface area contributed by atoms with Crippen molar-refractivity contribution in [3.63, 3.8) is 0 Å². The van der Waals surface area contributed by atoms with Crippen LogP contribution in [0.1, 0.15) is 35.4 Å². The van der Waals surface area contributed by atoms with Crippen LogP contribution in [-0.4, -0.2) is 126 Å². The van der Waals surface area contributed by atoms with Gasteiger partial charge in [-0.2, -0.15) is 0 Å². The first-order valence-electron chi connectivity index (χ1n) is 14.3. The molecule has 0 amide bonds. The maximum Gasteiger partial charge on any atom is 0.229 e. The summed E-state index contributed by atoms with van der Waals surface area (Å²) in [5, 5.41) is 61.7. The van der Waals surface area contributed by atoms with Crippen molar-refractivity contribution in [2.45, 2.75) is 80.9 Å². The SMILES string of the molecule is COc1cc(OC)c2c(c1)OC(c1ccc(O[C@@H]3O[C@H](CO[C@@H]4O[C@@H](C)[C@H](O)[C@@H](O)[C@H]4O)[C@@H](O)[C@H](O)[C@H]3O)cc1OC)CC2=O. The van der Waals surface area contributed by atoms with Gasteiger partial charge in [-0.15, -0.1) is 0 Å². The van der Waals surface area contributed by atoms with E-state index in [9.17, 15) is 35.4 Å². The number of ether oxygens (including phenoxy) is 8. The summed E-state index contributed by atoms with van der Waals surface area (Å²) in [4.78, 5) is 13.1. The van der Waals surface area contributed by atoms with Gasteiger partial charge < -0.3 is 68.5 Å². The minimum absolute atomic E-state index is 0.00334. The summed E-state index contributed by atoms with van der Waals surface area (Å²) < 4.78 is 44.8. The first-order chi connectivity index (χ1) is 21.5. The Morgan fingerprint density at radius 1 is 0.756 bits per heavy atom. The molecule has 15 nitrogen and oxygen atoms in total. The fourth-order valence-corrected chi connectivity index (χ4v) is 5.51. The van der Waals surface area contributed by atoms with Crippen LogP contribution < -0.4 is 23.7 Å². The van der Waals surface area contributed by atoms with Crippen LogP contribution >= 0.6 is 0 Å². The molecular weight excluding hydrogens is 600 g/mol. The average molecular weight is 639 g/mol. The summed E-state index contributed by atoms with van der Waals surface area (Å²) in [6.07, 6.45) is -15.1. The van der Waals surface area contributed by atoms with Gasteiger partial charge in [-0.3, -0.25) is 4.79 Å². The third-order valence-electron chi connectivity index (χ3n) is 8.12. The Labute approximate surface area is 258 Å². The number of aliphatic hydroxyl groups excluding tert-OH is 6. The van der Waals surface area contributed by atoms with Crippen LogP contribution in [0.15, 0.2) is 30.3 Å². The van der Waals surface area contributed by atoms with E-state index >= 15 is 0 Å². The fourth-order valence-electron chi connectivity index (χ4n) is 5.51. The van der Waals surface area contributed by atoms with E-state index in [1.54, 1.807) is 18.2 Å². The lowest BCUT2D eigenvalue weighted by Crippen LogP contribution is -2.61. The number of hydrogen-bond donors (Lipinski definition) is 6. The van der Waals surface area contributed by atoms with E-state index in [2.05, 4.69) is 0 Å². The maximum atomic E-state index is 13.1. The Morgan fingerprint density at radius 2 is 1.42 bits per heavy atom. The lowest BCUT2D eigenvalue weighted by Gasteiger charge is -2.42. The molecule has 0 aliphatic carbocycles. The molecule has 0 saturated carbocycles. The second-order valence-corrected chi connectivity index (χ2v) is 11.0. The van der Waals surface area contributed by atoms with Gasteiger partial charge in [-0.05, 0) is 19.1 Å². The predicted octanol–water partition coefficient (Wildman–Crippen LogP) is -0.551. The lowest BCUT2D eigenvalue weighted by atomic mass is 9.94. The molecule has 3 aliphatic rings. The average Bonchev–Trinajstić information content (AvgIpc) is 3.04. The zero-order valence-corrected chi connectivity index (χ0v) is 25.0. The van der Waals surface area contributed by atoms with Gasteiger partial charge in [0.05, 0.1) is 40.5 Å². The Balaban J connectivity index is 1.29. The van der Waals surface area contributed by atoms with E-state index in [0.29, 0.717) is 34.1 Å². The largest absolute Gasteiger partial charge is 0.496 e. The van der Waals surface area contributed by atoms with Crippen molar-refractivity contribution in [3.05, 3.63) is 41.5 Å². The normalized spacial score (nSPS) is 34.8. The number of hydrogen-bond acceptors (Lipinski definition) is 15. The monoisotopic (exact) mass is 638 g/mol. The summed E-state index contributed by atoms with van der Waals surface area (Å²) in [5.41, 5.74) is 0.842. The standard InChI is InChI=1S/C30H38O15/c1-12-23(32)25(34)27(36)29(42-12)41-11-21-24(33)26(35)28(37)30(45-21)43-13-5-6-15(17(7-13)39-3)18-10-16(31)22-19(40-4)8-14(38-2)9-20(22)44-18/h5-9,12,18,21,23-30,32-37H,10-11H2,1-4H3/t12-,18?,21+,23-,24+,25+,26-,27+,28+,29+,30+/m0/s1. The molecule has 0 radical (unpaired) electrons. The molecule has 0 spiro atoms. The molecule has 45 heavy (non-hydrogen) atoms. The van der Waals surface area contributed by atoms with Crippen LogP contribution in [0.4, 0.5) is 0 Å². The minimum atomic E-state index is -1.70. The highest BCUT2D eigenvalue weighted by Gasteiger charge is 2.47. The molecular formula is C30H38O15. The summed E-state index contributed by atoms with van der Waals surface area (Å²) in [7, 11) is 4.36. The Morgan fingerprint density at radius 3 is 2.11 bits per heavy atom. The molecule has 2 saturated heterocycles. The molecule has 6 N–H and O–H groups in total. The molecule has 248 valence electrons. The number of rotatable bonds is 9. The lowest BCUT2D eigenvalue weighted by molar-refractivity contribution is -0.318. The van der Waals surface area contributed by atoms with Crippen molar-refractivity contribution in [1.29, 1.82) is 0 Å². The Kier molecular flexibility index (Phi) is 10.0. The Bertz CT molecular complexity index is 1350. The summed E-state index contributed by atoms with van der Waals surface area (Å²) in [5.74, 6) is 1.33. The van der Waals surface area contributed by atoms with E-state index in [4.69, 9.17) is 37.9 Å². The van der Waals surface area contributed by atoms with Crippen LogP contribution in [0, 0.1) is 0 Å². The highest BCUT2D eigenvalue weighted by molar-refractivity contribution is 6.03. The fraction of sp³-hybridized carbons (Fsp3) is 0.567. The number of carbonyl (C=O) groups is 1. The van der Waals surface area contributed by atoms with Crippen LogP contribution in [0.2, 0.25) is 0 Å². The van der Waals surface area contributed by atoms with Gasteiger partial charge >= 0.3 is 0 Å². The maximum absolute atomic E-state index is 13.1. The van der Waals surface area contributed by atoms with Gasteiger partial charge in [0.2, 0.25) is 6.29 Å². The molecule has 2 aromatic rings. The van der Waals surface area contributed by atoms with E-state index in [-0.39, 0.29) is 18.0 Å². The van der Waals surface area contributed by atoms with Crippen molar-refractivity contribution in [2.75, 3.05) is 27.9 Å². The van der Waals surface area contributed by atoms with Gasteiger partial charge in [0.1, 0.15) is 83.1 Å². The molecule has 5 rings (SSSR count). The summed E-state index contributed by atoms with van der Waals surface area (Å²) in [6, 6.07) is 7.85. The number of Topliss-reactive ketones (excluding diaryl/α,β-unsaturated/α-hetero) is 1. The van der Waals surface area contributed by atoms with Gasteiger partial charge in [0.15, 0.2) is 12.1 Å². The van der Waals surface area contributed by atoms with Crippen LogP contribution in [0.25, 0.3) is 0 Å². The van der Waals surface area contributed by atoms with Crippen molar-refractivity contribution in [1.82, 2.24) is 0 Å². The first-order valence-corrected chi connectivity index (χ1v) is 14.3. The molecule has 3 heterocycles. The second-order valence-electron chi connectivity index (χ2n) is 11.0. The molecule has 3 aliphatic heterocycles. The topological polar surface area (TPSA) is 212 Å². The van der Waals surface area contributed by atoms with Gasteiger partial charge in [0, 0.05) is 23.8 Å². The Hall–Kier alpha value is -3.25. The number of aliphatic hydroxyl groups is 6.